The summed E-state index contributed by atoms with van der Waals surface area (Å²) >= 11 is 1.57. The van der Waals surface area contributed by atoms with Crippen LogP contribution in [0, 0.1) is 0 Å². The Balaban J connectivity index is 1.85. The van der Waals surface area contributed by atoms with Crippen LogP contribution in [0.25, 0.3) is 0 Å². The van der Waals surface area contributed by atoms with E-state index in [0.29, 0.717) is 26.1 Å². The number of esters is 1. The monoisotopic (exact) mass is 470 g/mol. The zero-order valence-corrected chi connectivity index (χ0v) is 19.2. The minimum atomic E-state index is -3.74. The van der Waals surface area contributed by atoms with Crippen LogP contribution in [0.15, 0.2) is 34.7 Å². The second kappa shape index (κ2) is 11.1. The number of nitrogens with zero attached hydrogens (tertiary/aromatic N) is 2. The highest BCUT2D eigenvalue weighted by Crippen LogP contribution is 2.19. The van der Waals surface area contributed by atoms with E-state index in [-0.39, 0.29) is 10.6 Å². The van der Waals surface area contributed by atoms with Crippen molar-refractivity contribution in [1.82, 2.24) is 19.5 Å². The minimum absolute atomic E-state index is 0.0288. The number of imide groups is 1. The molecule has 10 nitrogen and oxygen atoms in total. The Hall–Kier alpha value is -2.70. The quantitative estimate of drug-likeness (QED) is 0.505. The summed E-state index contributed by atoms with van der Waals surface area (Å²) in [6.45, 7) is 3.70. The highest BCUT2D eigenvalue weighted by atomic mass is 32.2. The van der Waals surface area contributed by atoms with Gasteiger partial charge in [0.05, 0.1) is 0 Å². The lowest BCUT2D eigenvalue weighted by atomic mass is 10.3. The van der Waals surface area contributed by atoms with E-state index in [9.17, 15) is 22.8 Å². The fourth-order valence-corrected chi connectivity index (χ4v) is 5.00. The van der Waals surface area contributed by atoms with Gasteiger partial charge < -0.3 is 14.6 Å². The van der Waals surface area contributed by atoms with Crippen molar-refractivity contribution in [3.8, 4) is 0 Å². The number of nitrogens with one attached hydrogen (secondary N) is 2. The van der Waals surface area contributed by atoms with Crippen molar-refractivity contribution in [2.45, 2.75) is 25.2 Å². The molecule has 0 atom stereocenters. The van der Waals surface area contributed by atoms with Gasteiger partial charge in [-0.3, -0.25) is 10.1 Å². The number of sulfonamides is 1. The zero-order chi connectivity index (χ0) is 23.0. The smallest absolute Gasteiger partial charge is 0.355 e. The molecule has 0 bridgehead atoms. The number of urea groups is 1. The number of ether oxygens (including phenoxy) is 1. The van der Waals surface area contributed by atoms with Crippen LogP contribution >= 0.6 is 11.3 Å². The van der Waals surface area contributed by atoms with Gasteiger partial charge in [-0.1, -0.05) is 19.9 Å². The first-order valence-corrected chi connectivity index (χ1v) is 11.9. The van der Waals surface area contributed by atoms with E-state index >= 15 is 0 Å². The summed E-state index contributed by atoms with van der Waals surface area (Å²) in [6, 6.07) is 4.36. The second-order valence-corrected chi connectivity index (χ2v) is 9.44. The van der Waals surface area contributed by atoms with Crippen molar-refractivity contribution in [2.24, 2.45) is 7.05 Å². The lowest BCUT2D eigenvalue weighted by Crippen LogP contribution is -2.42. The standard InChI is InChI=1S/C19H26N4O6S2/c1-4-23(5-2)31(27,28)15-11-16(22(3)12-15)18(25)29-13-17(24)21-19(26)20-9-8-14-7-6-10-30-14/h6-7,10-12H,4-5,8-9,13H2,1-3H3,(H2,20,21,24,26). The van der Waals surface area contributed by atoms with Gasteiger partial charge in [0.2, 0.25) is 10.0 Å². The molecule has 2 rings (SSSR count). The number of hydrogen-bond acceptors (Lipinski definition) is 7. The van der Waals surface area contributed by atoms with Crippen LogP contribution in [-0.2, 0) is 33.0 Å². The Labute approximate surface area is 185 Å². The maximum atomic E-state index is 12.6. The van der Waals surface area contributed by atoms with Crippen LogP contribution in [-0.4, -0.2) is 61.4 Å². The van der Waals surface area contributed by atoms with E-state index in [2.05, 4.69) is 10.6 Å². The van der Waals surface area contributed by atoms with Gasteiger partial charge in [0.15, 0.2) is 6.61 Å². The van der Waals surface area contributed by atoms with Crippen LogP contribution in [0.3, 0.4) is 0 Å². The summed E-state index contributed by atoms with van der Waals surface area (Å²) in [5.41, 5.74) is -0.0288. The number of carbonyl (C=O) groups excluding carboxylic acids is 3. The number of amides is 3. The van der Waals surface area contributed by atoms with E-state index in [0.717, 1.165) is 4.88 Å². The largest absolute Gasteiger partial charge is 0.451 e. The molecule has 0 spiro atoms. The molecule has 0 unspecified atom stereocenters. The molecule has 31 heavy (non-hydrogen) atoms. The first kappa shape index (κ1) is 24.6. The Kier molecular flexibility index (Phi) is 8.77. The molecule has 170 valence electrons. The summed E-state index contributed by atoms with van der Waals surface area (Å²) in [6.07, 6.45) is 1.95. The van der Waals surface area contributed by atoms with E-state index in [1.54, 1.807) is 25.2 Å². The van der Waals surface area contributed by atoms with Gasteiger partial charge >= 0.3 is 12.0 Å². The van der Waals surface area contributed by atoms with Crippen molar-refractivity contribution in [3.05, 3.63) is 40.3 Å². The van der Waals surface area contributed by atoms with Crippen molar-refractivity contribution >= 4 is 39.3 Å². The molecular formula is C19H26N4O6S2. The van der Waals surface area contributed by atoms with E-state index in [4.69, 9.17) is 4.74 Å². The molecule has 0 aliphatic rings. The molecule has 0 aliphatic heterocycles. The maximum Gasteiger partial charge on any atom is 0.355 e. The van der Waals surface area contributed by atoms with Crippen molar-refractivity contribution < 1.29 is 27.5 Å². The van der Waals surface area contributed by atoms with Crippen LogP contribution < -0.4 is 10.6 Å². The normalized spacial score (nSPS) is 11.4. The van der Waals surface area contributed by atoms with Crippen molar-refractivity contribution in [2.75, 3.05) is 26.2 Å². The maximum absolute atomic E-state index is 12.6. The predicted octanol–water partition coefficient (Wildman–Crippen LogP) is 1.34. The molecule has 2 aromatic heterocycles. The summed E-state index contributed by atoms with van der Waals surface area (Å²) < 4.78 is 32.7. The topological polar surface area (TPSA) is 127 Å². The lowest BCUT2D eigenvalue weighted by Gasteiger charge is -2.17. The third kappa shape index (κ3) is 6.64. The van der Waals surface area contributed by atoms with Crippen LogP contribution in [0.5, 0.6) is 0 Å². The Morgan fingerprint density at radius 1 is 1.23 bits per heavy atom. The Morgan fingerprint density at radius 3 is 2.55 bits per heavy atom. The molecule has 2 N–H and O–H groups in total. The van der Waals surface area contributed by atoms with Gasteiger partial charge in [0, 0.05) is 37.8 Å². The highest BCUT2D eigenvalue weighted by molar-refractivity contribution is 7.89. The van der Waals surface area contributed by atoms with Crippen LogP contribution in [0.4, 0.5) is 4.79 Å². The summed E-state index contributed by atoms with van der Waals surface area (Å²) in [7, 11) is -2.24. The molecule has 2 heterocycles. The van der Waals surface area contributed by atoms with E-state index in [1.807, 2.05) is 17.5 Å². The van der Waals surface area contributed by atoms with Gasteiger partial charge in [0.25, 0.3) is 5.91 Å². The number of thiophene rings is 1. The number of hydrogen-bond donors (Lipinski definition) is 2. The SMILES string of the molecule is CCN(CC)S(=O)(=O)c1cc(C(=O)OCC(=O)NC(=O)NCCc2cccs2)n(C)c1. The first-order valence-electron chi connectivity index (χ1n) is 9.62. The van der Waals surface area contributed by atoms with Crippen LogP contribution in [0.2, 0.25) is 0 Å². The average Bonchev–Trinajstić information content (AvgIpc) is 3.37. The van der Waals surface area contributed by atoms with E-state index in [1.165, 1.54) is 28.2 Å². The molecule has 0 saturated carbocycles. The number of rotatable bonds is 10. The van der Waals surface area contributed by atoms with Gasteiger partial charge in [-0.25, -0.2) is 18.0 Å². The molecule has 0 aliphatic carbocycles. The lowest BCUT2D eigenvalue weighted by molar-refractivity contribution is -0.123. The summed E-state index contributed by atoms with van der Waals surface area (Å²) in [5.74, 6) is -1.68. The molecule has 12 heteroatoms. The molecular weight excluding hydrogens is 444 g/mol. The Morgan fingerprint density at radius 2 is 1.94 bits per heavy atom. The number of aromatic nitrogens is 1. The summed E-state index contributed by atoms with van der Waals surface area (Å²) in [5, 5.41) is 6.54. The van der Waals surface area contributed by atoms with E-state index < -0.39 is 34.5 Å². The Bertz CT molecular complexity index is 1010. The second-order valence-electron chi connectivity index (χ2n) is 6.47. The third-order valence-electron chi connectivity index (χ3n) is 4.36. The summed E-state index contributed by atoms with van der Waals surface area (Å²) in [4.78, 5) is 36.9. The zero-order valence-electron chi connectivity index (χ0n) is 17.6. The molecule has 0 aromatic carbocycles. The average molecular weight is 471 g/mol. The first-order chi connectivity index (χ1) is 14.7. The minimum Gasteiger partial charge on any atom is -0.451 e. The van der Waals surface area contributed by atoms with Gasteiger partial charge in [-0.05, 0) is 23.9 Å². The molecule has 3 amide bonds. The van der Waals surface area contributed by atoms with Crippen molar-refractivity contribution in [1.29, 1.82) is 0 Å². The predicted molar refractivity (Wildman–Crippen MR) is 115 cm³/mol. The van der Waals surface area contributed by atoms with Crippen LogP contribution in [0.1, 0.15) is 29.2 Å². The molecule has 0 radical (unpaired) electrons. The fraction of sp³-hybridized carbons (Fsp3) is 0.421. The highest BCUT2D eigenvalue weighted by Gasteiger charge is 2.26. The number of aryl methyl sites for hydroxylation is 1. The van der Waals surface area contributed by atoms with Crippen molar-refractivity contribution in [3.63, 3.8) is 0 Å². The number of carbonyl (C=O) groups is 3. The third-order valence-corrected chi connectivity index (χ3v) is 7.31. The van der Waals surface area contributed by atoms with Gasteiger partial charge in [-0.2, -0.15) is 4.31 Å². The fourth-order valence-electron chi connectivity index (χ4n) is 2.76. The molecule has 0 fully saturated rings. The van der Waals surface area contributed by atoms with Gasteiger partial charge in [0.1, 0.15) is 10.6 Å². The van der Waals surface area contributed by atoms with Gasteiger partial charge in [-0.15, -0.1) is 11.3 Å². The molecule has 0 saturated heterocycles. The molecule has 2 aromatic rings.